The summed E-state index contributed by atoms with van der Waals surface area (Å²) in [7, 11) is 0. The molecule has 0 heterocycles. The largest absolute Gasteiger partial charge is 0.381 e. The zero-order valence-corrected chi connectivity index (χ0v) is 10.1. The Kier molecular flexibility index (Phi) is 4.88. The molecule has 0 spiro atoms. The van der Waals surface area contributed by atoms with Gasteiger partial charge < -0.3 is 5.32 Å². The molecule has 2 nitrogen and oxygen atoms in total. The Morgan fingerprint density at radius 3 is 3.00 bits per heavy atom. The smallest absolute Gasteiger partial charge is 0.101 e. The van der Waals surface area contributed by atoms with Gasteiger partial charge in [-0.15, -0.1) is 6.58 Å². The van der Waals surface area contributed by atoms with Crippen LogP contribution in [0.15, 0.2) is 30.9 Å². The van der Waals surface area contributed by atoms with Crippen LogP contribution >= 0.6 is 11.6 Å². The van der Waals surface area contributed by atoms with E-state index in [1.54, 1.807) is 18.2 Å². The highest BCUT2D eigenvalue weighted by atomic mass is 35.5. The Labute approximate surface area is 102 Å². The molecule has 0 aliphatic rings. The Hall–Kier alpha value is -1.46. The van der Waals surface area contributed by atoms with Crippen molar-refractivity contribution in [3.8, 4) is 6.07 Å². The molecule has 1 atom stereocenters. The monoisotopic (exact) mass is 234 g/mol. The van der Waals surface area contributed by atoms with E-state index in [0.717, 1.165) is 18.5 Å². The van der Waals surface area contributed by atoms with Gasteiger partial charge in [-0.3, -0.25) is 0 Å². The SMILES string of the molecule is C=CCCC(C)Nc1cc(Cl)ccc1C#N. The van der Waals surface area contributed by atoms with Gasteiger partial charge in [-0.1, -0.05) is 17.7 Å². The van der Waals surface area contributed by atoms with E-state index in [9.17, 15) is 0 Å². The summed E-state index contributed by atoms with van der Waals surface area (Å²) in [5, 5.41) is 12.9. The number of nitrogens with zero attached hydrogens (tertiary/aromatic N) is 1. The summed E-state index contributed by atoms with van der Waals surface area (Å²) in [6.45, 7) is 5.76. The van der Waals surface area contributed by atoms with Crippen molar-refractivity contribution in [3.05, 3.63) is 41.4 Å². The maximum atomic E-state index is 8.95. The van der Waals surface area contributed by atoms with Crippen LogP contribution < -0.4 is 5.32 Å². The fourth-order valence-electron chi connectivity index (χ4n) is 1.44. The van der Waals surface area contributed by atoms with Crippen LogP contribution in [-0.4, -0.2) is 6.04 Å². The second-order valence-corrected chi connectivity index (χ2v) is 4.15. The standard InChI is InChI=1S/C13H15ClN2/c1-3-4-5-10(2)16-13-8-12(14)7-6-11(13)9-15/h3,6-8,10,16H,1,4-5H2,2H3. The van der Waals surface area contributed by atoms with Crippen LogP contribution in [0, 0.1) is 11.3 Å². The molecule has 0 aliphatic carbocycles. The van der Waals surface area contributed by atoms with Gasteiger partial charge in [0.15, 0.2) is 0 Å². The second kappa shape index (κ2) is 6.19. The van der Waals surface area contributed by atoms with E-state index in [0.29, 0.717) is 16.6 Å². The van der Waals surface area contributed by atoms with Crippen molar-refractivity contribution in [2.24, 2.45) is 0 Å². The lowest BCUT2D eigenvalue weighted by atomic mass is 10.1. The van der Waals surface area contributed by atoms with Crippen LogP contribution in [0.5, 0.6) is 0 Å². The number of nitrogens with one attached hydrogen (secondary N) is 1. The highest BCUT2D eigenvalue weighted by Crippen LogP contribution is 2.21. The molecule has 3 heteroatoms. The minimum atomic E-state index is 0.295. The van der Waals surface area contributed by atoms with Crippen molar-refractivity contribution in [1.82, 2.24) is 0 Å². The predicted molar refractivity (Wildman–Crippen MR) is 68.7 cm³/mol. The van der Waals surface area contributed by atoms with E-state index in [2.05, 4.69) is 24.9 Å². The zero-order valence-electron chi connectivity index (χ0n) is 9.33. The summed E-state index contributed by atoms with van der Waals surface area (Å²) in [5.74, 6) is 0. The Bertz CT molecular complexity index is 407. The minimum absolute atomic E-state index is 0.295. The van der Waals surface area contributed by atoms with E-state index in [-0.39, 0.29) is 0 Å². The summed E-state index contributed by atoms with van der Waals surface area (Å²) in [5.41, 5.74) is 1.42. The quantitative estimate of drug-likeness (QED) is 0.783. The molecule has 0 amide bonds. The molecule has 0 fully saturated rings. The van der Waals surface area contributed by atoms with Crippen LogP contribution in [0.1, 0.15) is 25.3 Å². The first kappa shape index (κ1) is 12.6. The second-order valence-electron chi connectivity index (χ2n) is 3.71. The third-order valence-electron chi connectivity index (χ3n) is 2.31. The predicted octanol–water partition coefficient (Wildman–Crippen LogP) is 3.98. The van der Waals surface area contributed by atoms with Gasteiger partial charge in [0.1, 0.15) is 6.07 Å². The molecule has 0 saturated carbocycles. The Morgan fingerprint density at radius 1 is 1.62 bits per heavy atom. The van der Waals surface area contributed by atoms with E-state index in [1.165, 1.54) is 0 Å². The molecule has 1 unspecified atom stereocenters. The van der Waals surface area contributed by atoms with Crippen molar-refractivity contribution < 1.29 is 0 Å². The van der Waals surface area contributed by atoms with Crippen LogP contribution in [0.3, 0.4) is 0 Å². The number of halogens is 1. The van der Waals surface area contributed by atoms with E-state index >= 15 is 0 Å². The molecule has 84 valence electrons. The number of rotatable bonds is 5. The molecule has 1 rings (SSSR count). The number of hydrogen-bond donors (Lipinski definition) is 1. The first-order valence-corrected chi connectivity index (χ1v) is 5.62. The van der Waals surface area contributed by atoms with Gasteiger partial charge in [0.2, 0.25) is 0 Å². The molecule has 0 bridgehead atoms. The molecular weight excluding hydrogens is 220 g/mol. The van der Waals surface area contributed by atoms with Crippen LogP contribution in [0.25, 0.3) is 0 Å². The molecule has 1 aromatic rings. The molecule has 0 saturated heterocycles. The van der Waals surface area contributed by atoms with Crippen LogP contribution in [0.4, 0.5) is 5.69 Å². The minimum Gasteiger partial charge on any atom is -0.381 e. The van der Waals surface area contributed by atoms with E-state index in [4.69, 9.17) is 16.9 Å². The normalized spacial score (nSPS) is 11.6. The summed E-state index contributed by atoms with van der Waals surface area (Å²) in [6.07, 6.45) is 3.83. The van der Waals surface area contributed by atoms with Crippen molar-refractivity contribution >= 4 is 17.3 Å². The summed E-state index contributed by atoms with van der Waals surface area (Å²) in [4.78, 5) is 0. The fraction of sp³-hybridized carbons (Fsp3) is 0.308. The number of nitriles is 1. The molecule has 0 aromatic heterocycles. The summed E-state index contributed by atoms with van der Waals surface area (Å²) >= 11 is 5.90. The molecule has 0 aliphatic heterocycles. The highest BCUT2D eigenvalue weighted by molar-refractivity contribution is 6.30. The van der Waals surface area contributed by atoms with Gasteiger partial charge in [-0.2, -0.15) is 5.26 Å². The number of anilines is 1. The van der Waals surface area contributed by atoms with Gasteiger partial charge in [0.25, 0.3) is 0 Å². The Morgan fingerprint density at radius 2 is 2.38 bits per heavy atom. The van der Waals surface area contributed by atoms with Gasteiger partial charge in [-0.25, -0.2) is 0 Å². The summed E-state index contributed by atoms with van der Waals surface area (Å²) in [6, 6.07) is 7.67. The number of allylic oxidation sites excluding steroid dienone is 1. The molecular formula is C13H15ClN2. The lowest BCUT2D eigenvalue weighted by Gasteiger charge is -2.15. The average Bonchev–Trinajstić information content (AvgIpc) is 2.27. The van der Waals surface area contributed by atoms with Crippen molar-refractivity contribution in [1.29, 1.82) is 5.26 Å². The highest BCUT2D eigenvalue weighted by Gasteiger charge is 2.06. The number of hydrogen-bond acceptors (Lipinski definition) is 2. The maximum absolute atomic E-state index is 8.95. The zero-order chi connectivity index (χ0) is 12.0. The lowest BCUT2D eigenvalue weighted by Crippen LogP contribution is -2.15. The van der Waals surface area contributed by atoms with Gasteiger partial charge >= 0.3 is 0 Å². The fourth-order valence-corrected chi connectivity index (χ4v) is 1.61. The summed E-state index contributed by atoms with van der Waals surface area (Å²) < 4.78 is 0. The van der Waals surface area contributed by atoms with Crippen molar-refractivity contribution in [3.63, 3.8) is 0 Å². The number of benzene rings is 1. The van der Waals surface area contributed by atoms with E-state index in [1.807, 2.05) is 6.08 Å². The van der Waals surface area contributed by atoms with Gasteiger partial charge in [0, 0.05) is 11.1 Å². The first-order valence-electron chi connectivity index (χ1n) is 5.24. The third-order valence-corrected chi connectivity index (χ3v) is 2.54. The van der Waals surface area contributed by atoms with Gasteiger partial charge in [-0.05, 0) is 38.0 Å². The van der Waals surface area contributed by atoms with Crippen LogP contribution in [0.2, 0.25) is 5.02 Å². The van der Waals surface area contributed by atoms with E-state index < -0.39 is 0 Å². The Balaban J connectivity index is 2.75. The van der Waals surface area contributed by atoms with Crippen LogP contribution in [-0.2, 0) is 0 Å². The average molecular weight is 235 g/mol. The first-order chi connectivity index (χ1) is 7.67. The topological polar surface area (TPSA) is 35.8 Å². The molecule has 0 radical (unpaired) electrons. The molecule has 16 heavy (non-hydrogen) atoms. The van der Waals surface area contributed by atoms with Crippen molar-refractivity contribution in [2.75, 3.05) is 5.32 Å². The van der Waals surface area contributed by atoms with Gasteiger partial charge in [0.05, 0.1) is 11.3 Å². The third kappa shape index (κ3) is 3.60. The maximum Gasteiger partial charge on any atom is 0.101 e. The lowest BCUT2D eigenvalue weighted by molar-refractivity contribution is 0.719. The molecule has 1 N–H and O–H groups in total. The van der Waals surface area contributed by atoms with Crippen molar-refractivity contribution in [2.45, 2.75) is 25.8 Å². The molecule has 1 aromatic carbocycles.